The van der Waals surface area contributed by atoms with Crippen molar-refractivity contribution in [1.82, 2.24) is 4.90 Å². The van der Waals surface area contributed by atoms with Crippen molar-refractivity contribution >= 4 is 23.6 Å². The molecule has 6 heteroatoms. The summed E-state index contributed by atoms with van der Waals surface area (Å²) >= 11 is 5.86. The van der Waals surface area contributed by atoms with E-state index < -0.39 is 6.03 Å². The van der Waals surface area contributed by atoms with Crippen LogP contribution < -0.4 is 5.73 Å². The zero-order chi connectivity index (χ0) is 15.7. The van der Waals surface area contributed by atoms with E-state index in [1.165, 1.54) is 0 Å². The normalized spacial score (nSPS) is 26.8. The Morgan fingerprint density at radius 2 is 2.05 bits per heavy atom. The van der Waals surface area contributed by atoms with Crippen molar-refractivity contribution < 1.29 is 14.3 Å². The molecule has 5 nitrogen and oxygen atoms in total. The number of rotatable bonds is 4. The van der Waals surface area contributed by atoms with Gasteiger partial charge in [0.1, 0.15) is 6.61 Å². The monoisotopic (exact) mass is 322 g/mol. The van der Waals surface area contributed by atoms with Crippen molar-refractivity contribution in [2.75, 3.05) is 13.2 Å². The number of halogens is 1. The lowest BCUT2D eigenvalue weighted by atomic mass is 10.1. The second-order valence-corrected chi connectivity index (χ2v) is 6.39. The van der Waals surface area contributed by atoms with E-state index in [1.54, 1.807) is 4.90 Å². The van der Waals surface area contributed by atoms with E-state index in [1.807, 2.05) is 24.3 Å². The molecule has 0 spiro atoms. The summed E-state index contributed by atoms with van der Waals surface area (Å²) in [5.41, 5.74) is 6.43. The number of nitrogens with two attached hydrogens (primary N) is 1. The number of carbonyl (C=O) groups is 2. The number of likely N-dealkylation sites (tertiary alicyclic amines) is 1. The van der Waals surface area contributed by atoms with Crippen molar-refractivity contribution in [3.63, 3.8) is 0 Å². The molecule has 0 aromatic heterocycles. The van der Waals surface area contributed by atoms with Gasteiger partial charge in [-0.3, -0.25) is 4.79 Å². The number of hydrogen-bond acceptors (Lipinski definition) is 3. The lowest BCUT2D eigenvalue weighted by Gasteiger charge is -2.22. The molecule has 1 aromatic rings. The highest BCUT2D eigenvalue weighted by Gasteiger charge is 2.45. The molecule has 1 heterocycles. The first-order chi connectivity index (χ1) is 10.6. The Morgan fingerprint density at radius 3 is 2.73 bits per heavy atom. The Balaban J connectivity index is 1.49. The van der Waals surface area contributed by atoms with Crippen molar-refractivity contribution in [2.45, 2.75) is 31.2 Å². The average molecular weight is 323 g/mol. The van der Waals surface area contributed by atoms with E-state index in [9.17, 15) is 9.59 Å². The van der Waals surface area contributed by atoms with Crippen LogP contribution in [-0.2, 0) is 9.53 Å². The highest BCUT2D eigenvalue weighted by Crippen LogP contribution is 2.48. The minimum Gasteiger partial charge on any atom is -0.463 e. The zero-order valence-corrected chi connectivity index (χ0v) is 13.0. The molecule has 2 N–H and O–H groups in total. The summed E-state index contributed by atoms with van der Waals surface area (Å²) in [5, 5.41) is 0.691. The van der Waals surface area contributed by atoms with Gasteiger partial charge in [-0.1, -0.05) is 23.7 Å². The van der Waals surface area contributed by atoms with Crippen LogP contribution in [0, 0.1) is 5.92 Å². The van der Waals surface area contributed by atoms with Crippen LogP contribution >= 0.6 is 11.6 Å². The number of esters is 1. The highest BCUT2D eigenvalue weighted by atomic mass is 35.5. The Kier molecular flexibility index (Phi) is 4.25. The fraction of sp³-hybridized carbons (Fsp3) is 0.500. The van der Waals surface area contributed by atoms with Gasteiger partial charge in [0, 0.05) is 11.6 Å². The van der Waals surface area contributed by atoms with Crippen LogP contribution in [0.5, 0.6) is 0 Å². The molecule has 1 saturated carbocycles. The molecule has 22 heavy (non-hydrogen) atoms. The molecular weight excluding hydrogens is 304 g/mol. The van der Waals surface area contributed by atoms with Gasteiger partial charge in [0.05, 0.1) is 12.0 Å². The first kappa shape index (κ1) is 15.2. The predicted octanol–water partition coefficient (Wildman–Crippen LogP) is 2.53. The number of urea groups is 1. The molecule has 118 valence electrons. The maximum Gasteiger partial charge on any atom is 0.315 e. The molecule has 0 bridgehead atoms. The molecule has 3 rings (SSSR count). The minimum atomic E-state index is -0.441. The largest absolute Gasteiger partial charge is 0.463 e. The van der Waals surface area contributed by atoms with Crippen LogP contribution in [0.1, 0.15) is 30.7 Å². The standard InChI is InChI=1S/C16H19ClN2O3/c17-11-5-3-10(4-6-11)13-8-14(13)15(20)22-9-12-2-1-7-19(12)16(18)21/h3-6,12-14H,1-2,7-9H2,(H2,18,21). The first-order valence-corrected chi connectivity index (χ1v) is 7.92. The summed E-state index contributed by atoms with van der Waals surface area (Å²) in [6.45, 7) is 0.889. The van der Waals surface area contributed by atoms with E-state index >= 15 is 0 Å². The molecule has 3 unspecified atom stereocenters. The van der Waals surface area contributed by atoms with Gasteiger partial charge in [-0.15, -0.1) is 0 Å². The van der Waals surface area contributed by atoms with Gasteiger partial charge in [0.2, 0.25) is 0 Å². The quantitative estimate of drug-likeness (QED) is 0.866. The number of carbonyl (C=O) groups excluding carboxylic acids is 2. The van der Waals surface area contributed by atoms with Gasteiger partial charge < -0.3 is 15.4 Å². The molecule has 1 aromatic carbocycles. The summed E-state index contributed by atoms with van der Waals surface area (Å²) in [7, 11) is 0. The summed E-state index contributed by atoms with van der Waals surface area (Å²) in [6, 6.07) is 7.05. The maximum atomic E-state index is 12.1. The van der Waals surface area contributed by atoms with Gasteiger partial charge in [-0.2, -0.15) is 0 Å². The second-order valence-electron chi connectivity index (χ2n) is 5.96. The van der Waals surface area contributed by atoms with Gasteiger partial charge in [-0.25, -0.2) is 4.79 Å². The number of primary amides is 1. The van der Waals surface area contributed by atoms with E-state index in [0.29, 0.717) is 11.6 Å². The Labute approximate surface area is 134 Å². The SMILES string of the molecule is NC(=O)N1CCCC1COC(=O)C1CC1c1ccc(Cl)cc1. The van der Waals surface area contributed by atoms with E-state index in [0.717, 1.165) is 24.8 Å². The number of amides is 2. The lowest BCUT2D eigenvalue weighted by molar-refractivity contribution is -0.146. The third-order valence-electron chi connectivity index (χ3n) is 4.47. The molecule has 2 aliphatic rings. The molecule has 1 aliphatic heterocycles. The van der Waals surface area contributed by atoms with Crippen molar-refractivity contribution in [3.8, 4) is 0 Å². The molecular formula is C16H19ClN2O3. The molecule has 0 radical (unpaired) electrons. The summed E-state index contributed by atoms with van der Waals surface area (Å²) in [4.78, 5) is 25.0. The Bertz CT molecular complexity index is 575. The lowest BCUT2D eigenvalue weighted by Crippen LogP contribution is -2.42. The van der Waals surface area contributed by atoms with Crippen LogP contribution in [-0.4, -0.2) is 36.1 Å². The average Bonchev–Trinajstić information content (AvgIpc) is 3.15. The minimum absolute atomic E-state index is 0.0748. The third-order valence-corrected chi connectivity index (χ3v) is 4.72. The van der Waals surface area contributed by atoms with Crippen LogP contribution in [0.15, 0.2) is 24.3 Å². The molecule has 1 saturated heterocycles. The fourth-order valence-electron chi connectivity index (χ4n) is 3.12. The van der Waals surface area contributed by atoms with Gasteiger partial charge in [0.25, 0.3) is 0 Å². The van der Waals surface area contributed by atoms with E-state index in [-0.39, 0.29) is 30.5 Å². The van der Waals surface area contributed by atoms with Crippen LogP contribution in [0.4, 0.5) is 4.79 Å². The zero-order valence-electron chi connectivity index (χ0n) is 12.2. The molecule has 3 atom stereocenters. The summed E-state index contributed by atoms with van der Waals surface area (Å²) < 4.78 is 5.39. The smallest absolute Gasteiger partial charge is 0.315 e. The second kappa shape index (κ2) is 6.16. The Hall–Kier alpha value is -1.75. The van der Waals surface area contributed by atoms with E-state index in [4.69, 9.17) is 22.1 Å². The van der Waals surface area contributed by atoms with Crippen LogP contribution in [0.2, 0.25) is 5.02 Å². The predicted molar refractivity (Wildman–Crippen MR) is 82.6 cm³/mol. The Morgan fingerprint density at radius 1 is 1.32 bits per heavy atom. The fourth-order valence-corrected chi connectivity index (χ4v) is 3.24. The van der Waals surface area contributed by atoms with Crippen molar-refractivity contribution in [3.05, 3.63) is 34.9 Å². The number of ether oxygens (including phenoxy) is 1. The van der Waals surface area contributed by atoms with Crippen LogP contribution in [0.25, 0.3) is 0 Å². The van der Waals surface area contributed by atoms with Gasteiger partial charge >= 0.3 is 12.0 Å². The number of benzene rings is 1. The summed E-state index contributed by atoms with van der Waals surface area (Å²) in [5.74, 6) is -0.0403. The third kappa shape index (κ3) is 3.19. The number of hydrogen-bond donors (Lipinski definition) is 1. The van der Waals surface area contributed by atoms with E-state index in [2.05, 4.69) is 0 Å². The summed E-state index contributed by atoms with van der Waals surface area (Å²) in [6.07, 6.45) is 2.55. The van der Waals surface area contributed by atoms with Crippen molar-refractivity contribution in [2.24, 2.45) is 11.7 Å². The molecule has 1 aliphatic carbocycles. The molecule has 2 fully saturated rings. The first-order valence-electron chi connectivity index (χ1n) is 7.54. The molecule has 2 amide bonds. The van der Waals surface area contributed by atoms with Gasteiger partial charge in [0.15, 0.2) is 0 Å². The highest BCUT2D eigenvalue weighted by molar-refractivity contribution is 6.30. The maximum absolute atomic E-state index is 12.1. The topological polar surface area (TPSA) is 72.6 Å². The van der Waals surface area contributed by atoms with Crippen molar-refractivity contribution in [1.29, 1.82) is 0 Å². The van der Waals surface area contributed by atoms with Gasteiger partial charge in [-0.05, 0) is 42.9 Å². The number of nitrogens with zero attached hydrogens (tertiary/aromatic N) is 1. The van der Waals surface area contributed by atoms with Crippen LogP contribution in [0.3, 0.4) is 0 Å².